The molecule has 3 rings (SSSR count). The molecule has 25 heavy (non-hydrogen) atoms. The summed E-state index contributed by atoms with van der Waals surface area (Å²) in [6.45, 7) is 0.138. The number of nitrogens with zero attached hydrogens (tertiary/aromatic N) is 3. The molecule has 9 heteroatoms. The molecule has 1 atom stereocenters. The molecule has 0 bridgehead atoms. The molecule has 1 aromatic carbocycles. The van der Waals surface area contributed by atoms with E-state index >= 15 is 0 Å². The predicted molar refractivity (Wildman–Crippen MR) is 88.4 cm³/mol. The van der Waals surface area contributed by atoms with Crippen molar-refractivity contribution in [2.45, 2.75) is 18.6 Å². The van der Waals surface area contributed by atoms with Crippen LogP contribution in [-0.2, 0) is 23.2 Å². The molecule has 0 aliphatic carbocycles. The van der Waals surface area contributed by atoms with Crippen LogP contribution in [-0.4, -0.2) is 38.8 Å². The number of hydrogen-bond donors (Lipinski definition) is 2. The molecule has 0 radical (unpaired) electrons. The zero-order valence-electron chi connectivity index (χ0n) is 13.4. The summed E-state index contributed by atoms with van der Waals surface area (Å²) in [7, 11) is 1.70. The number of benzene rings is 1. The number of anilines is 1. The summed E-state index contributed by atoms with van der Waals surface area (Å²) in [6.07, 6.45) is 3.06. The Bertz CT molecular complexity index is 820. The van der Waals surface area contributed by atoms with Crippen molar-refractivity contribution in [3.8, 4) is 0 Å². The average molecular weight is 367 g/mol. The summed E-state index contributed by atoms with van der Waals surface area (Å²) in [6, 6.07) is 3.86. The Labute approximate surface area is 148 Å². The monoisotopic (exact) mass is 366 g/mol. The third kappa shape index (κ3) is 3.35. The summed E-state index contributed by atoms with van der Waals surface area (Å²) < 4.78 is 14.8. The SMILES string of the molecule is Cn1cc(N2CC[C@@](O)(C(=O)NCc3cc(F)cc(Cl)c3)C2=O)cn1. The number of amides is 2. The quantitative estimate of drug-likeness (QED) is 0.790. The highest BCUT2D eigenvalue weighted by atomic mass is 35.5. The lowest BCUT2D eigenvalue weighted by molar-refractivity contribution is -0.149. The Morgan fingerprint density at radius 2 is 2.24 bits per heavy atom. The van der Waals surface area contributed by atoms with Gasteiger partial charge in [0.25, 0.3) is 11.8 Å². The van der Waals surface area contributed by atoms with Crippen LogP contribution in [0.5, 0.6) is 0 Å². The molecule has 2 amide bonds. The van der Waals surface area contributed by atoms with Crippen molar-refractivity contribution in [2.75, 3.05) is 11.4 Å². The lowest BCUT2D eigenvalue weighted by atomic mass is 10.0. The molecule has 2 aromatic rings. The number of hydrogen-bond acceptors (Lipinski definition) is 4. The number of nitrogens with one attached hydrogen (secondary N) is 1. The third-order valence-electron chi connectivity index (χ3n) is 4.05. The Kier molecular flexibility index (Phi) is 4.49. The van der Waals surface area contributed by atoms with Gasteiger partial charge >= 0.3 is 0 Å². The molecule has 0 unspecified atom stereocenters. The van der Waals surface area contributed by atoms with E-state index in [0.29, 0.717) is 11.3 Å². The Morgan fingerprint density at radius 1 is 1.48 bits per heavy atom. The first kappa shape index (κ1) is 17.4. The molecule has 2 heterocycles. The molecule has 0 saturated carbocycles. The fraction of sp³-hybridized carbons (Fsp3) is 0.312. The number of aromatic nitrogens is 2. The molecule has 1 aliphatic heterocycles. The van der Waals surface area contributed by atoms with E-state index in [-0.39, 0.29) is 24.5 Å². The van der Waals surface area contributed by atoms with Gasteiger partial charge in [-0.15, -0.1) is 0 Å². The summed E-state index contributed by atoms with van der Waals surface area (Å²) in [5, 5.41) is 17.2. The standard InChI is InChI=1S/C16H16ClFN4O3/c1-21-9-13(8-20-21)22-3-2-16(25,15(22)24)14(23)19-7-10-4-11(17)6-12(18)5-10/h4-6,8-9,25H,2-3,7H2,1H3,(H,19,23)/t16-/m1/s1. The Morgan fingerprint density at radius 3 is 2.88 bits per heavy atom. The van der Waals surface area contributed by atoms with Gasteiger partial charge < -0.3 is 15.3 Å². The van der Waals surface area contributed by atoms with Crippen LogP contribution in [0.15, 0.2) is 30.6 Å². The zero-order valence-corrected chi connectivity index (χ0v) is 14.1. The van der Waals surface area contributed by atoms with Crippen LogP contribution in [0, 0.1) is 5.82 Å². The second kappa shape index (κ2) is 6.45. The number of aryl methyl sites for hydroxylation is 1. The van der Waals surface area contributed by atoms with E-state index in [1.807, 2.05) is 0 Å². The van der Waals surface area contributed by atoms with Crippen molar-refractivity contribution < 1.29 is 19.1 Å². The highest BCUT2D eigenvalue weighted by Gasteiger charge is 2.51. The maximum absolute atomic E-state index is 13.3. The molecule has 1 aliphatic rings. The number of aliphatic hydroxyl groups is 1. The summed E-state index contributed by atoms with van der Waals surface area (Å²) in [5.74, 6) is -2.07. The third-order valence-corrected chi connectivity index (χ3v) is 4.27. The summed E-state index contributed by atoms with van der Waals surface area (Å²) in [5.41, 5.74) is -1.22. The molecule has 1 aromatic heterocycles. The van der Waals surface area contributed by atoms with Gasteiger partial charge in [0.2, 0.25) is 5.60 Å². The largest absolute Gasteiger partial charge is 0.372 e. The van der Waals surface area contributed by atoms with Crippen LogP contribution in [0.25, 0.3) is 0 Å². The second-order valence-corrected chi connectivity index (χ2v) is 6.34. The van der Waals surface area contributed by atoms with Crippen molar-refractivity contribution in [1.82, 2.24) is 15.1 Å². The van der Waals surface area contributed by atoms with Crippen LogP contribution in [0.1, 0.15) is 12.0 Å². The molecule has 1 saturated heterocycles. The number of halogens is 2. The van der Waals surface area contributed by atoms with Gasteiger partial charge in [-0.1, -0.05) is 11.6 Å². The minimum atomic E-state index is -2.16. The van der Waals surface area contributed by atoms with E-state index in [1.54, 1.807) is 13.2 Å². The predicted octanol–water partition coefficient (Wildman–Crippen LogP) is 0.997. The first-order valence-corrected chi connectivity index (χ1v) is 7.93. The lowest BCUT2D eigenvalue weighted by Gasteiger charge is -2.21. The van der Waals surface area contributed by atoms with Gasteiger partial charge in [0.15, 0.2) is 0 Å². The Balaban J connectivity index is 1.70. The van der Waals surface area contributed by atoms with E-state index in [1.165, 1.54) is 27.9 Å². The molecule has 2 N–H and O–H groups in total. The minimum Gasteiger partial charge on any atom is -0.372 e. The normalized spacial score (nSPS) is 20.2. The van der Waals surface area contributed by atoms with Gasteiger partial charge in [-0.3, -0.25) is 14.3 Å². The molecular weight excluding hydrogens is 351 g/mol. The van der Waals surface area contributed by atoms with E-state index in [4.69, 9.17) is 11.6 Å². The van der Waals surface area contributed by atoms with Crippen molar-refractivity contribution in [1.29, 1.82) is 0 Å². The molecule has 7 nitrogen and oxygen atoms in total. The first-order valence-electron chi connectivity index (χ1n) is 7.56. The van der Waals surface area contributed by atoms with Crippen molar-refractivity contribution in [3.05, 3.63) is 47.0 Å². The molecule has 1 fully saturated rings. The van der Waals surface area contributed by atoms with E-state index < -0.39 is 23.2 Å². The fourth-order valence-electron chi connectivity index (χ4n) is 2.75. The second-order valence-electron chi connectivity index (χ2n) is 5.90. The number of carbonyl (C=O) groups is 2. The van der Waals surface area contributed by atoms with Crippen molar-refractivity contribution in [2.24, 2.45) is 7.05 Å². The molecular formula is C16H16ClFN4O3. The van der Waals surface area contributed by atoms with Gasteiger partial charge in [0.05, 0.1) is 11.9 Å². The smallest absolute Gasteiger partial charge is 0.268 e. The summed E-state index contributed by atoms with van der Waals surface area (Å²) >= 11 is 5.76. The number of carbonyl (C=O) groups excluding carboxylic acids is 2. The average Bonchev–Trinajstić information content (AvgIpc) is 3.09. The van der Waals surface area contributed by atoms with Gasteiger partial charge in [0, 0.05) is 37.8 Å². The number of rotatable bonds is 4. The maximum atomic E-state index is 13.3. The molecule has 0 spiro atoms. The van der Waals surface area contributed by atoms with E-state index in [2.05, 4.69) is 10.4 Å². The lowest BCUT2D eigenvalue weighted by Crippen LogP contribution is -2.52. The van der Waals surface area contributed by atoms with Crippen molar-refractivity contribution >= 4 is 29.1 Å². The van der Waals surface area contributed by atoms with Crippen molar-refractivity contribution in [3.63, 3.8) is 0 Å². The van der Waals surface area contributed by atoms with Gasteiger partial charge in [-0.25, -0.2) is 4.39 Å². The van der Waals surface area contributed by atoms with E-state index in [9.17, 15) is 19.1 Å². The zero-order chi connectivity index (χ0) is 18.2. The highest BCUT2D eigenvalue weighted by Crippen LogP contribution is 2.28. The van der Waals surface area contributed by atoms with Gasteiger partial charge in [-0.05, 0) is 23.8 Å². The van der Waals surface area contributed by atoms with Crippen LogP contribution in [0.4, 0.5) is 10.1 Å². The van der Waals surface area contributed by atoms with Gasteiger partial charge in [-0.2, -0.15) is 5.10 Å². The van der Waals surface area contributed by atoms with Gasteiger partial charge in [0.1, 0.15) is 5.82 Å². The maximum Gasteiger partial charge on any atom is 0.268 e. The molecule has 132 valence electrons. The Hall–Kier alpha value is -2.45. The summed E-state index contributed by atoms with van der Waals surface area (Å²) in [4.78, 5) is 26.2. The first-order chi connectivity index (χ1) is 11.8. The topological polar surface area (TPSA) is 87.5 Å². The van der Waals surface area contributed by atoms with E-state index in [0.717, 1.165) is 6.07 Å². The highest BCUT2D eigenvalue weighted by molar-refractivity contribution is 6.30. The van der Waals surface area contributed by atoms with Crippen LogP contribution in [0.3, 0.4) is 0 Å². The van der Waals surface area contributed by atoms with Crippen LogP contribution >= 0.6 is 11.6 Å². The minimum absolute atomic E-state index is 0.0452. The van der Waals surface area contributed by atoms with Crippen LogP contribution < -0.4 is 10.2 Å². The fourth-order valence-corrected chi connectivity index (χ4v) is 3.00. The van der Waals surface area contributed by atoms with Crippen LogP contribution in [0.2, 0.25) is 5.02 Å².